The van der Waals surface area contributed by atoms with Crippen LogP contribution in [0.1, 0.15) is 36.9 Å². The van der Waals surface area contributed by atoms with Crippen LogP contribution < -0.4 is 10.6 Å². The molecule has 2 aromatic rings. The van der Waals surface area contributed by atoms with Gasteiger partial charge in [0.15, 0.2) is 5.11 Å². The van der Waals surface area contributed by atoms with Gasteiger partial charge in [0.05, 0.1) is 16.8 Å². The molecular formula is C18H18F3N3S. The summed E-state index contributed by atoms with van der Waals surface area (Å²) >= 11 is 5.38. The number of pyridine rings is 1. The second kappa shape index (κ2) is 7.00. The Balaban J connectivity index is 1.71. The molecule has 132 valence electrons. The Labute approximate surface area is 149 Å². The highest BCUT2D eigenvalue weighted by Gasteiger charge is 2.37. The van der Waals surface area contributed by atoms with E-state index in [1.54, 1.807) is 6.20 Å². The molecule has 0 unspecified atom stereocenters. The topological polar surface area (TPSA) is 37.0 Å². The molecule has 1 heterocycles. The first-order chi connectivity index (χ1) is 11.9. The van der Waals surface area contributed by atoms with Crippen LogP contribution >= 0.6 is 12.2 Å². The minimum Gasteiger partial charge on any atom is -0.351 e. The molecule has 0 atom stereocenters. The summed E-state index contributed by atoms with van der Waals surface area (Å²) in [4.78, 5) is 4.46. The number of thiocarbonyl (C=S) groups is 1. The number of anilines is 1. The van der Waals surface area contributed by atoms with E-state index in [1.165, 1.54) is 12.1 Å². The number of hydrogen-bond acceptors (Lipinski definition) is 2. The molecule has 1 saturated carbocycles. The van der Waals surface area contributed by atoms with E-state index in [-0.39, 0.29) is 5.54 Å². The third-order valence-electron chi connectivity index (χ3n) is 4.44. The van der Waals surface area contributed by atoms with E-state index >= 15 is 0 Å². The average Bonchev–Trinajstić information content (AvgIpc) is 3.05. The number of alkyl halides is 3. The quantitative estimate of drug-likeness (QED) is 0.762. The molecule has 25 heavy (non-hydrogen) atoms. The lowest BCUT2D eigenvalue weighted by Crippen LogP contribution is -2.46. The van der Waals surface area contributed by atoms with Crippen LogP contribution in [-0.4, -0.2) is 10.1 Å². The van der Waals surface area contributed by atoms with Crippen molar-refractivity contribution in [2.75, 3.05) is 5.32 Å². The van der Waals surface area contributed by atoms with Gasteiger partial charge in [0.1, 0.15) is 0 Å². The second-order valence-corrected chi connectivity index (χ2v) is 6.57. The molecule has 7 heteroatoms. The summed E-state index contributed by atoms with van der Waals surface area (Å²) in [5, 5.41) is 6.69. The Morgan fingerprint density at radius 3 is 2.28 bits per heavy atom. The summed E-state index contributed by atoms with van der Waals surface area (Å²) in [6.07, 6.45) is 1.39. The van der Waals surface area contributed by atoms with Crippen LogP contribution in [0.25, 0.3) is 0 Å². The molecule has 0 spiro atoms. The van der Waals surface area contributed by atoms with Crippen LogP contribution in [-0.2, 0) is 11.7 Å². The molecule has 1 aromatic heterocycles. The van der Waals surface area contributed by atoms with Gasteiger partial charge in [-0.1, -0.05) is 18.9 Å². The maximum absolute atomic E-state index is 12.6. The summed E-state index contributed by atoms with van der Waals surface area (Å²) in [5.41, 5.74) is 0.443. The zero-order valence-electron chi connectivity index (χ0n) is 13.4. The molecule has 1 aliphatic rings. The molecule has 0 radical (unpaired) electrons. The van der Waals surface area contributed by atoms with Crippen molar-refractivity contribution in [2.24, 2.45) is 0 Å². The van der Waals surface area contributed by atoms with Crippen molar-refractivity contribution < 1.29 is 13.2 Å². The van der Waals surface area contributed by atoms with E-state index in [0.29, 0.717) is 10.8 Å². The summed E-state index contributed by atoms with van der Waals surface area (Å²) in [5.74, 6) is 0. The summed E-state index contributed by atoms with van der Waals surface area (Å²) < 4.78 is 37.9. The molecule has 3 rings (SSSR count). The van der Waals surface area contributed by atoms with Gasteiger partial charge < -0.3 is 10.6 Å². The number of nitrogens with zero attached hydrogens (tertiary/aromatic N) is 1. The van der Waals surface area contributed by atoms with Crippen molar-refractivity contribution in [1.29, 1.82) is 0 Å². The van der Waals surface area contributed by atoms with Crippen LogP contribution in [0.2, 0.25) is 0 Å². The Morgan fingerprint density at radius 2 is 1.72 bits per heavy atom. The van der Waals surface area contributed by atoms with E-state index in [2.05, 4.69) is 15.6 Å². The highest BCUT2D eigenvalue weighted by atomic mass is 32.1. The van der Waals surface area contributed by atoms with Crippen molar-refractivity contribution in [2.45, 2.75) is 37.4 Å². The van der Waals surface area contributed by atoms with Crippen molar-refractivity contribution in [3.63, 3.8) is 0 Å². The SMILES string of the molecule is FC(F)(F)c1ccc(NC(=S)NC2(c3ccccn3)CCCC2)cc1. The van der Waals surface area contributed by atoms with E-state index in [1.807, 2.05) is 18.2 Å². The third kappa shape index (κ3) is 4.10. The number of benzene rings is 1. The zero-order valence-corrected chi connectivity index (χ0v) is 14.3. The van der Waals surface area contributed by atoms with Gasteiger partial charge in [-0.05, 0) is 61.5 Å². The average molecular weight is 365 g/mol. The van der Waals surface area contributed by atoms with E-state index in [4.69, 9.17) is 12.2 Å². The number of hydrogen-bond donors (Lipinski definition) is 2. The zero-order chi connectivity index (χ0) is 17.9. The first-order valence-electron chi connectivity index (χ1n) is 8.07. The molecule has 0 bridgehead atoms. The molecule has 1 aliphatic carbocycles. The first kappa shape index (κ1) is 17.7. The predicted octanol–water partition coefficient (Wildman–Crippen LogP) is 4.86. The molecule has 3 nitrogen and oxygen atoms in total. The highest BCUT2D eigenvalue weighted by molar-refractivity contribution is 7.80. The number of aromatic nitrogens is 1. The fourth-order valence-corrected chi connectivity index (χ4v) is 3.50. The standard InChI is InChI=1S/C18H18F3N3S/c19-18(20,21)13-6-8-14(9-7-13)23-16(25)24-17(10-2-3-11-17)15-5-1-4-12-22-15/h1,4-9,12H,2-3,10-11H2,(H2,23,24,25). The van der Waals surface area contributed by atoms with Crippen molar-refractivity contribution in [1.82, 2.24) is 10.3 Å². The maximum Gasteiger partial charge on any atom is 0.416 e. The third-order valence-corrected chi connectivity index (χ3v) is 4.64. The lowest BCUT2D eigenvalue weighted by atomic mass is 9.93. The van der Waals surface area contributed by atoms with Gasteiger partial charge in [-0.25, -0.2) is 0 Å². The van der Waals surface area contributed by atoms with Gasteiger partial charge in [-0.3, -0.25) is 4.98 Å². The number of halogens is 3. The molecule has 2 N–H and O–H groups in total. The fourth-order valence-electron chi connectivity index (χ4n) is 3.19. The maximum atomic E-state index is 12.6. The largest absolute Gasteiger partial charge is 0.416 e. The van der Waals surface area contributed by atoms with Crippen molar-refractivity contribution >= 4 is 23.0 Å². The lowest BCUT2D eigenvalue weighted by Gasteiger charge is -2.31. The minimum atomic E-state index is -4.34. The second-order valence-electron chi connectivity index (χ2n) is 6.16. The van der Waals surface area contributed by atoms with Crippen LogP contribution in [0.4, 0.5) is 18.9 Å². The van der Waals surface area contributed by atoms with Crippen LogP contribution in [0.5, 0.6) is 0 Å². The molecule has 0 saturated heterocycles. The van der Waals surface area contributed by atoms with Crippen LogP contribution in [0.15, 0.2) is 48.7 Å². The van der Waals surface area contributed by atoms with Gasteiger partial charge in [-0.2, -0.15) is 13.2 Å². The summed E-state index contributed by atoms with van der Waals surface area (Å²) in [6.45, 7) is 0. The Hall–Kier alpha value is -2.15. The monoisotopic (exact) mass is 365 g/mol. The number of nitrogens with one attached hydrogen (secondary N) is 2. The van der Waals surface area contributed by atoms with E-state index < -0.39 is 11.7 Å². The normalized spacial score (nSPS) is 16.4. The van der Waals surface area contributed by atoms with E-state index in [0.717, 1.165) is 43.5 Å². The Morgan fingerprint density at radius 1 is 1.04 bits per heavy atom. The summed E-state index contributed by atoms with van der Waals surface area (Å²) in [7, 11) is 0. The molecular weight excluding hydrogens is 347 g/mol. The van der Waals surface area contributed by atoms with Crippen LogP contribution in [0.3, 0.4) is 0 Å². The van der Waals surface area contributed by atoms with Crippen molar-refractivity contribution in [3.05, 3.63) is 59.9 Å². The Bertz CT molecular complexity index is 723. The smallest absolute Gasteiger partial charge is 0.351 e. The minimum absolute atomic E-state index is 0.322. The van der Waals surface area contributed by atoms with E-state index in [9.17, 15) is 13.2 Å². The first-order valence-corrected chi connectivity index (χ1v) is 8.48. The van der Waals surface area contributed by atoms with Gasteiger partial charge in [0, 0.05) is 11.9 Å². The fraction of sp³-hybridized carbons (Fsp3) is 0.333. The predicted molar refractivity (Wildman–Crippen MR) is 95.2 cm³/mol. The molecule has 0 amide bonds. The highest BCUT2D eigenvalue weighted by Crippen LogP contribution is 2.37. The number of rotatable bonds is 3. The Kier molecular flexibility index (Phi) is 4.94. The molecule has 1 aromatic carbocycles. The van der Waals surface area contributed by atoms with Gasteiger partial charge >= 0.3 is 6.18 Å². The van der Waals surface area contributed by atoms with Gasteiger partial charge in [0.25, 0.3) is 0 Å². The molecule has 0 aliphatic heterocycles. The van der Waals surface area contributed by atoms with Gasteiger partial charge in [-0.15, -0.1) is 0 Å². The van der Waals surface area contributed by atoms with Crippen molar-refractivity contribution in [3.8, 4) is 0 Å². The molecule has 1 fully saturated rings. The lowest BCUT2D eigenvalue weighted by molar-refractivity contribution is -0.137. The van der Waals surface area contributed by atoms with Crippen LogP contribution in [0, 0.1) is 0 Å². The summed E-state index contributed by atoms with van der Waals surface area (Å²) in [6, 6.07) is 10.6. The van der Waals surface area contributed by atoms with Gasteiger partial charge in [0.2, 0.25) is 0 Å².